The summed E-state index contributed by atoms with van der Waals surface area (Å²) in [5.74, 6) is -0.973. The zero-order valence-corrected chi connectivity index (χ0v) is 15.5. The van der Waals surface area contributed by atoms with Crippen LogP contribution in [0, 0.1) is 6.92 Å². The minimum atomic E-state index is -0.731. The second-order valence-electron chi connectivity index (χ2n) is 6.60. The molecule has 0 aliphatic carbocycles. The van der Waals surface area contributed by atoms with Crippen LogP contribution in [0.5, 0.6) is 5.75 Å². The van der Waals surface area contributed by atoms with Crippen LogP contribution in [0.2, 0.25) is 0 Å². The van der Waals surface area contributed by atoms with Crippen molar-refractivity contribution in [2.75, 3.05) is 11.9 Å². The molecule has 2 aromatic carbocycles. The second-order valence-corrected chi connectivity index (χ2v) is 6.60. The predicted molar refractivity (Wildman–Crippen MR) is 103 cm³/mol. The van der Waals surface area contributed by atoms with Crippen molar-refractivity contribution < 1.29 is 19.1 Å². The summed E-state index contributed by atoms with van der Waals surface area (Å²) in [7, 11) is 0. The molecule has 3 amide bonds. The molecule has 0 saturated heterocycles. The highest BCUT2D eigenvalue weighted by Gasteiger charge is 2.12. The molecule has 0 aromatic heterocycles. The van der Waals surface area contributed by atoms with Crippen LogP contribution in [-0.4, -0.2) is 24.3 Å². The van der Waals surface area contributed by atoms with Crippen LogP contribution >= 0.6 is 0 Å². The minimum absolute atomic E-state index is 0.0720. The number of aryl methyl sites for hydroxylation is 1. The van der Waals surface area contributed by atoms with Gasteiger partial charge in [-0.2, -0.15) is 0 Å². The zero-order valence-electron chi connectivity index (χ0n) is 15.5. The summed E-state index contributed by atoms with van der Waals surface area (Å²) in [5.41, 5.74) is 13.0. The number of carbonyl (C=O) groups is 3. The molecule has 7 nitrogen and oxygen atoms in total. The molecular weight excluding hydrogens is 346 g/mol. The molecule has 5 N–H and O–H groups in total. The largest absolute Gasteiger partial charge is 0.484 e. The van der Waals surface area contributed by atoms with Crippen molar-refractivity contribution in [2.24, 2.45) is 11.5 Å². The number of hydrogen-bond acceptors (Lipinski definition) is 4. The number of rotatable bonds is 7. The molecule has 0 saturated carbocycles. The SMILES string of the molecule is Cc1cc(OCC(=O)Nc2cc(C(N)=O)cc(C(N)=O)c2)cc(C(C)C)c1. The van der Waals surface area contributed by atoms with Crippen molar-refractivity contribution in [1.29, 1.82) is 0 Å². The molecule has 0 fully saturated rings. The van der Waals surface area contributed by atoms with Gasteiger partial charge in [-0.3, -0.25) is 14.4 Å². The summed E-state index contributed by atoms with van der Waals surface area (Å²) in [6, 6.07) is 9.82. The van der Waals surface area contributed by atoms with Gasteiger partial charge in [0.2, 0.25) is 11.8 Å². The molecule has 0 atom stereocenters. The number of anilines is 1. The molecule has 142 valence electrons. The van der Waals surface area contributed by atoms with E-state index in [0.717, 1.165) is 11.1 Å². The Kier molecular flexibility index (Phi) is 6.18. The normalized spacial score (nSPS) is 10.5. The fraction of sp³-hybridized carbons (Fsp3) is 0.250. The van der Waals surface area contributed by atoms with Crippen molar-refractivity contribution in [3.05, 3.63) is 58.7 Å². The van der Waals surface area contributed by atoms with Gasteiger partial charge in [-0.25, -0.2) is 0 Å². The third-order valence-electron chi connectivity index (χ3n) is 3.90. The Labute approximate surface area is 157 Å². The quantitative estimate of drug-likeness (QED) is 0.692. The average molecular weight is 369 g/mol. The Bertz CT molecular complexity index is 859. The molecule has 0 bridgehead atoms. The van der Waals surface area contributed by atoms with Crippen molar-refractivity contribution >= 4 is 23.4 Å². The third-order valence-corrected chi connectivity index (χ3v) is 3.90. The molecule has 2 aromatic rings. The van der Waals surface area contributed by atoms with E-state index in [1.54, 1.807) is 0 Å². The van der Waals surface area contributed by atoms with Crippen LogP contribution in [0.1, 0.15) is 51.6 Å². The summed E-state index contributed by atoms with van der Waals surface area (Å²) in [5, 5.41) is 2.58. The van der Waals surface area contributed by atoms with Crippen LogP contribution in [0.4, 0.5) is 5.69 Å². The highest BCUT2D eigenvalue weighted by molar-refractivity contribution is 6.01. The first-order chi connectivity index (χ1) is 12.7. The Balaban J connectivity index is 2.10. The van der Waals surface area contributed by atoms with Crippen molar-refractivity contribution in [1.82, 2.24) is 0 Å². The van der Waals surface area contributed by atoms with Gasteiger partial charge in [-0.1, -0.05) is 19.9 Å². The standard InChI is InChI=1S/C20H23N3O4/c1-11(2)13-4-12(3)5-17(9-13)27-10-18(24)23-16-7-14(19(21)25)6-15(8-16)20(22)26/h4-9,11H,10H2,1-3H3,(H2,21,25)(H2,22,26)(H,23,24). The van der Waals surface area contributed by atoms with Crippen molar-refractivity contribution in [2.45, 2.75) is 26.7 Å². The summed E-state index contributed by atoms with van der Waals surface area (Å²) < 4.78 is 5.57. The van der Waals surface area contributed by atoms with E-state index in [-0.39, 0.29) is 23.4 Å². The van der Waals surface area contributed by atoms with Crippen LogP contribution in [0.15, 0.2) is 36.4 Å². The van der Waals surface area contributed by atoms with Gasteiger partial charge in [0.1, 0.15) is 5.75 Å². The monoisotopic (exact) mass is 369 g/mol. The fourth-order valence-electron chi connectivity index (χ4n) is 2.52. The highest BCUT2D eigenvalue weighted by atomic mass is 16.5. The molecule has 27 heavy (non-hydrogen) atoms. The highest BCUT2D eigenvalue weighted by Crippen LogP contribution is 2.23. The summed E-state index contributed by atoms with van der Waals surface area (Å²) in [6.07, 6.45) is 0. The maximum atomic E-state index is 12.2. The number of nitrogens with two attached hydrogens (primary N) is 2. The number of amides is 3. The van der Waals surface area contributed by atoms with Gasteiger partial charge in [-0.15, -0.1) is 0 Å². The van der Waals surface area contributed by atoms with E-state index in [2.05, 4.69) is 25.2 Å². The van der Waals surface area contributed by atoms with Crippen LogP contribution in [0.25, 0.3) is 0 Å². The lowest BCUT2D eigenvalue weighted by Crippen LogP contribution is -2.22. The Morgan fingerprint density at radius 3 is 2.07 bits per heavy atom. The number of carbonyl (C=O) groups excluding carboxylic acids is 3. The predicted octanol–water partition coefficient (Wildman–Crippen LogP) is 2.33. The first-order valence-corrected chi connectivity index (χ1v) is 8.44. The lowest BCUT2D eigenvalue weighted by atomic mass is 10.0. The zero-order chi connectivity index (χ0) is 20.1. The molecule has 0 heterocycles. The van der Waals surface area contributed by atoms with E-state index < -0.39 is 17.7 Å². The van der Waals surface area contributed by atoms with Crippen molar-refractivity contribution in [3.8, 4) is 5.75 Å². The summed E-state index contributed by atoms with van der Waals surface area (Å²) >= 11 is 0. The maximum absolute atomic E-state index is 12.2. The van der Waals surface area contributed by atoms with E-state index in [0.29, 0.717) is 11.7 Å². The lowest BCUT2D eigenvalue weighted by molar-refractivity contribution is -0.118. The molecule has 0 unspecified atom stereocenters. The van der Waals surface area contributed by atoms with Gasteiger partial charge < -0.3 is 21.5 Å². The first kappa shape index (κ1) is 20.0. The number of ether oxygens (including phenoxy) is 1. The van der Waals surface area contributed by atoms with Gasteiger partial charge in [-0.05, 0) is 54.3 Å². The Hall–Kier alpha value is -3.35. The van der Waals surface area contributed by atoms with Gasteiger partial charge in [0.25, 0.3) is 5.91 Å². The smallest absolute Gasteiger partial charge is 0.262 e. The Morgan fingerprint density at radius 1 is 0.963 bits per heavy atom. The third kappa shape index (κ3) is 5.57. The van der Waals surface area contributed by atoms with Crippen molar-refractivity contribution in [3.63, 3.8) is 0 Å². The van der Waals surface area contributed by atoms with Crippen LogP contribution in [-0.2, 0) is 4.79 Å². The second kappa shape index (κ2) is 8.35. The first-order valence-electron chi connectivity index (χ1n) is 8.44. The van der Waals surface area contributed by atoms with Gasteiger partial charge in [0, 0.05) is 16.8 Å². The van der Waals surface area contributed by atoms with E-state index in [1.807, 2.05) is 19.1 Å². The number of nitrogens with one attached hydrogen (secondary N) is 1. The molecule has 0 spiro atoms. The van der Waals surface area contributed by atoms with Gasteiger partial charge in [0.15, 0.2) is 6.61 Å². The molecule has 0 radical (unpaired) electrons. The molecule has 0 aliphatic heterocycles. The minimum Gasteiger partial charge on any atom is -0.484 e. The van der Waals surface area contributed by atoms with Crippen LogP contribution in [0.3, 0.4) is 0 Å². The van der Waals surface area contributed by atoms with E-state index >= 15 is 0 Å². The summed E-state index contributed by atoms with van der Waals surface area (Å²) in [6.45, 7) is 5.88. The topological polar surface area (TPSA) is 125 Å². The fourth-order valence-corrected chi connectivity index (χ4v) is 2.52. The van der Waals surface area contributed by atoms with E-state index in [9.17, 15) is 14.4 Å². The Morgan fingerprint density at radius 2 is 1.56 bits per heavy atom. The van der Waals surface area contributed by atoms with Gasteiger partial charge in [0.05, 0.1) is 0 Å². The maximum Gasteiger partial charge on any atom is 0.262 e. The van der Waals surface area contributed by atoms with E-state index in [1.165, 1.54) is 18.2 Å². The number of primary amides is 2. The molecule has 0 aliphatic rings. The number of hydrogen-bond donors (Lipinski definition) is 3. The van der Waals surface area contributed by atoms with E-state index in [4.69, 9.17) is 16.2 Å². The van der Waals surface area contributed by atoms with Gasteiger partial charge >= 0.3 is 0 Å². The molecule has 2 rings (SSSR count). The average Bonchev–Trinajstić information content (AvgIpc) is 2.59. The summed E-state index contributed by atoms with van der Waals surface area (Å²) in [4.78, 5) is 34.9. The number of benzene rings is 2. The lowest BCUT2D eigenvalue weighted by Gasteiger charge is -2.12. The van der Waals surface area contributed by atoms with Crippen LogP contribution < -0.4 is 21.5 Å². The molecule has 7 heteroatoms. The molecular formula is C20H23N3O4.